The molecule has 2 heterocycles. The van der Waals surface area contributed by atoms with E-state index in [0.29, 0.717) is 18.9 Å². The van der Waals surface area contributed by atoms with Gasteiger partial charge in [-0.15, -0.1) is 0 Å². The number of benzene rings is 1. The number of anilines is 1. The van der Waals surface area contributed by atoms with Crippen LogP contribution >= 0.6 is 0 Å². The molecule has 22 heavy (non-hydrogen) atoms. The summed E-state index contributed by atoms with van der Waals surface area (Å²) in [4.78, 5) is 8.45. The number of hydrogen-bond acceptors (Lipinski definition) is 5. The van der Waals surface area contributed by atoms with Crippen molar-refractivity contribution in [2.24, 2.45) is 0 Å². The van der Waals surface area contributed by atoms with Crippen molar-refractivity contribution in [2.45, 2.75) is 20.1 Å². The molecule has 0 bridgehead atoms. The number of rotatable bonds is 6. The molecule has 114 valence electrons. The SMILES string of the molecule is CCOc1ccc(NCc2cnc3ncccn23)cc1CO. The smallest absolute Gasteiger partial charge is 0.233 e. The third-order valence-electron chi connectivity index (χ3n) is 3.37. The maximum absolute atomic E-state index is 9.43. The van der Waals surface area contributed by atoms with Crippen molar-refractivity contribution in [1.82, 2.24) is 14.4 Å². The maximum atomic E-state index is 9.43. The van der Waals surface area contributed by atoms with E-state index >= 15 is 0 Å². The molecular formula is C16H18N4O2. The van der Waals surface area contributed by atoms with Gasteiger partial charge in [0.05, 0.1) is 31.6 Å². The number of aliphatic hydroxyl groups excluding tert-OH is 1. The molecule has 0 atom stereocenters. The van der Waals surface area contributed by atoms with Gasteiger partial charge < -0.3 is 15.2 Å². The van der Waals surface area contributed by atoms with Gasteiger partial charge in [-0.2, -0.15) is 0 Å². The molecule has 2 aromatic heterocycles. The highest BCUT2D eigenvalue weighted by Crippen LogP contribution is 2.23. The van der Waals surface area contributed by atoms with Gasteiger partial charge in [-0.05, 0) is 31.2 Å². The van der Waals surface area contributed by atoms with Crippen molar-refractivity contribution in [3.05, 3.63) is 54.1 Å². The summed E-state index contributed by atoms with van der Waals surface area (Å²) < 4.78 is 7.42. The van der Waals surface area contributed by atoms with Gasteiger partial charge in [0.1, 0.15) is 5.75 Å². The summed E-state index contributed by atoms with van der Waals surface area (Å²) in [6.07, 6.45) is 5.46. The van der Waals surface area contributed by atoms with E-state index in [4.69, 9.17) is 4.74 Å². The minimum absolute atomic E-state index is 0.0512. The van der Waals surface area contributed by atoms with Gasteiger partial charge in [0.25, 0.3) is 0 Å². The van der Waals surface area contributed by atoms with Gasteiger partial charge in [0.2, 0.25) is 5.78 Å². The van der Waals surface area contributed by atoms with Crippen LogP contribution < -0.4 is 10.1 Å². The number of aromatic nitrogens is 3. The number of aliphatic hydroxyl groups is 1. The third-order valence-corrected chi connectivity index (χ3v) is 3.37. The van der Waals surface area contributed by atoms with Crippen molar-refractivity contribution >= 4 is 11.5 Å². The van der Waals surface area contributed by atoms with Crippen molar-refractivity contribution in [3.63, 3.8) is 0 Å². The fourth-order valence-electron chi connectivity index (χ4n) is 2.31. The zero-order valence-corrected chi connectivity index (χ0v) is 12.4. The Hall–Kier alpha value is -2.60. The first-order valence-electron chi connectivity index (χ1n) is 7.19. The van der Waals surface area contributed by atoms with Crippen molar-refractivity contribution in [1.29, 1.82) is 0 Å². The summed E-state index contributed by atoms with van der Waals surface area (Å²) in [5, 5.41) is 12.8. The Morgan fingerprint density at radius 2 is 2.23 bits per heavy atom. The molecule has 0 spiro atoms. The molecule has 0 aliphatic rings. The second kappa shape index (κ2) is 6.44. The predicted octanol–water partition coefficient (Wildman–Crippen LogP) is 2.23. The first-order valence-corrected chi connectivity index (χ1v) is 7.19. The van der Waals surface area contributed by atoms with E-state index in [2.05, 4.69) is 15.3 Å². The quantitative estimate of drug-likeness (QED) is 0.730. The van der Waals surface area contributed by atoms with Gasteiger partial charge in [-0.3, -0.25) is 4.40 Å². The van der Waals surface area contributed by atoms with Crippen molar-refractivity contribution < 1.29 is 9.84 Å². The second-order valence-corrected chi connectivity index (χ2v) is 4.81. The van der Waals surface area contributed by atoms with Crippen LogP contribution in [0.3, 0.4) is 0 Å². The Morgan fingerprint density at radius 3 is 3.05 bits per heavy atom. The lowest BCUT2D eigenvalue weighted by Gasteiger charge is -2.12. The summed E-state index contributed by atoms with van der Waals surface area (Å²) in [6, 6.07) is 7.57. The summed E-state index contributed by atoms with van der Waals surface area (Å²) in [5.74, 6) is 1.40. The van der Waals surface area contributed by atoms with Gasteiger partial charge in [0, 0.05) is 23.6 Å². The lowest BCUT2D eigenvalue weighted by Crippen LogP contribution is -2.04. The van der Waals surface area contributed by atoms with E-state index in [1.807, 2.05) is 41.8 Å². The molecule has 1 aromatic carbocycles. The largest absolute Gasteiger partial charge is 0.494 e. The molecule has 6 heteroatoms. The van der Waals surface area contributed by atoms with E-state index in [1.54, 1.807) is 12.4 Å². The van der Waals surface area contributed by atoms with Crippen LogP contribution in [0, 0.1) is 0 Å². The lowest BCUT2D eigenvalue weighted by molar-refractivity contribution is 0.267. The molecule has 0 amide bonds. The molecule has 0 unspecified atom stereocenters. The van der Waals surface area contributed by atoms with Crippen molar-refractivity contribution in [2.75, 3.05) is 11.9 Å². The summed E-state index contributed by atoms with van der Waals surface area (Å²) in [7, 11) is 0. The van der Waals surface area contributed by atoms with E-state index < -0.39 is 0 Å². The van der Waals surface area contributed by atoms with Crippen LogP contribution in [-0.4, -0.2) is 26.1 Å². The number of hydrogen-bond donors (Lipinski definition) is 2. The molecule has 0 aliphatic carbocycles. The average molecular weight is 298 g/mol. The summed E-state index contributed by atoms with van der Waals surface area (Å²) in [5.41, 5.74) is 2.71. The highest BCUT2D eigenvalue weighted by molar-refractivity contribution is 5.51. The fourth-order valence-corrected chi connectivity index (χ4v) is 2.31. The van der Waals surface area contributed by atoms with E-state index in [9.17, 15) is 5.11 Å². The second-order valence-electron chi connectivity index (χ2n) is 4.81. The Balaban J connectivity index is 1.76. The van der Waals surface area contributed by atoms with Crippen molar-refractivity contribution in [3.8, 4) is 5.75 Å². The van der Waals surface area contributed by atoms with Gasteiger partial charge in [-0.1, -0.05) is 0 Å². The van der Waals surface area contributed by atoms with E-state index in [0.717, 1.165) is 22.7 Å². The van der Waals surface area contributed by atoms with Crippen LogP contribution in [0.15, 0.2) is 42.9 Å². The maximum Gasteiger partial charge on any atom is 0.233 e. The molecule has 0 saturated heterocycles. The Bertz CT molecular complexity index is 770. The molecule has 2 N–H and O–H groups in total. The number of imidazole rings is 1. The monoisotopic (exact) mass is 298 g/mol. The average Bonchev–Trinajstić information content (AvgIpc) is 2.97. The fraction of sp³-hybridized carbons (Fsp3) is 0.250. The van der Waals surface area contributed by atoms with Crippen LogP contribution in [0.25, 0.3) is 5.78 Å². The van der Waals surface area contributed by atoms with Crippen LogP contribution in [0.4, 0.5) is 5.69 Å². The zero-order chi connectivity index (χ0) is 15.4. The molecule has 0 aliphatic heterocycles. The molecule has 3 rings (SSSR count). The Labute approximate surface area is 128 Å². The minimum Gasteiger partial charge on any atom is -0.494 e. The predicted molar refractivity (Wildman–Crippen MR) is 83.8 cm³/mol. The molecular weight excluding hydrogens is 280 g/mol. The van der Waals surface area contributed by atoms with Gasteiger partial charge in [-0.25, -0.2) is 9.97 Å². The van der Waals surface area contributed by atoms with Gasteiger partial charge >= 0.3 is 0 Å². The first kappa shape index (κ1) is 14.3. The summed E-state index contributed by atoms with van der Waals surface area (Å²) >= 11 is 0. The molecule has 3 aromatic rings. The number of ether oxygens (including phenoxy) is 1. The molecule has 0 fully saturated rings. The normalized spacial score (nSPS) is 10.8. The number of fused-ring (bicyclic) bond motifs is 1. The highest BCUT2D eigenvalue weighted by atomic mass is 16.5. The van der Waals surface area contributed by atoms with Crippen LogP contribution in [0.5, 0.6) is 5.75 Å². The van der Waals surface area contributed by atoms with Gasteiger partial charge in [0.15, 0.2) is 0 Å². The Kier molecular flexibility index (Phi) is 4.20. The van der Waals surface area contributed by atoms with E-state index in [-0.39, 0.29) is 6.61 Å². The van der Waals surface area contributed by atoms with Crippen LogP contribution in [-0.2, 0) is 13.2 Å². The molecule has 6 nitrogen and oxygen atoms in total. The first-order chi connectivity index (χ1) is 10.8. The third kappa shape index (κ3) is 2.87. The zero-order valence-electron chi connectivity index (χ0n) is 12.4. The minimum atomic E-state index is -0.0512. The topological polar surface area (TPSA) is 71.7 Å². The van der Waals surface area contributed by atoms with E-state index in [1.165, 1.54) is 0 Å². The number of nitrogens with one attached hydrogen (secondary N) is 1. The molecule has 0 radical (unpaired) electrons. The summed E-state index contributed by atoms with van der Waals surface area (Å²) in [6.45, 7) is 3.07. The highest BCUT2D eigenvalue weighted by Gasteiger charge is 2.06. The number of nitrogens with zero attached hydrogens (tertiary/aromatic N) is 3. The Morgan fingerprint density at radius 1 is 1.32 bits per heavy atom. The van der Waals surface area contributed by atoms with Crippen LogP contribution in [0.1, 0.15) is 18.2 Å². The lowest BCUT2D eigenvalue weighted by atomic mass is 10.2. The molecule has 0 saturated carbocycles. The standard InChI is InChI=1S/C16H18N4O2/c1-2-22-15-5-4-13(8-12(15)11-21)18-9-14-10-19-16-17-6-3-7-20(14)16/h3-8,10,18,21H,2,9,11H2,1H3. The van der Waals surface area contributed by atoms with Crippen LogP contribution in [0.2, 0.25) is 0 Å².